The minimum atomic E-state index is -0.140. The van der Waals surface area contributed by atoms with Crippen molar-refractivity contribution in [3.8, 4) is 17.1 Å². The zero-order valence-corrected chi connectivity index (χ0v) is 16.3. The first kappa shape index (κ1) is 17.6. The molecule has 3 aromatic heterocycles. The summed E-state index contributed by atoms with van der Waals surface area (Å²) in [6.45, 7) is 5.04. The summed E-state index contributed by atoms with van der Waals surface area (Å²) in [5.74, 6) is 0.480. The normalized spacial score (nSPS) is 14.8. The van der Waals surface area contributed by atoms with E-state index in [9.17, 15) is 9.90 Å². The maximum atomic E-state index is 12.9. The van der Waals surface area contributed by atoms with E-state index in [0.29, 0.717) is 27.9 Å². The van der Waals surface area contributed by atoms with Crippen LogP contribution in [-0.4, -0.2) is 55.7 Å². The van der Waals surface area contributed by atoms with E-state index >= 15 is 0 Å². The Morgan fingerprint density at radius 3 is 2.83 bits per heavy atom. The number of phenolic OH excluding ortho intramolecular Hbond substituents is 1. The first-order valence-electron chi connectivity index (χ1n) is 9.53. The van der Waals surface area contributed by atoms with Crippen LogP contribution < -0.4 is 15.9 Å². The van der Waals surface area contributed by atoms with Crippen molar-refractivity contribution in [1.82, 2.24) is 29.7 Å². The van der Waals surface area contributed by atoms with E-state index in [1.807, 2.05) is 37.3 Å². The Hall–Kier alpha value is -3.46. The van der Waals surface area contributed by atoms with Gasteiger partial charge in [-0.15, -0.1) is 0 Å². The lowest BCUT2D eigenvalue weighted by molar-refractivity contribution is 0.473. The van der Waals surface area contributed by atoms with E-state index in [2.05, 4.69) is 20.4 Å². The lowest BCUT2D eigenvalue weighted by atomic mass is 10.1. The molecule has 0 bridgehead atoms. The molecule has 29 heavy (non-hydrogen) atoms. The molecular formula is C20H21N7O2. The molecule has 4 heterocycles. The quantitative estimate of drug-likeness (QED) is 0.524. The molecule has 0 radical (unpaired) electrons. The maximum Gasteiger partial charge on any atom is 0.280 e. The highest BCUT2D eigenvalue weighted by atomic mass is 16.3. The van der Waals surface area contributed by atoms with Crippen molar-refractivity contribution in [3.05, 3.63) is 46.6 Å². The SMILES string of the molecule is Cc1c(O)c(-c2ncc3c(=O)n(N4CCNCC4)ccc3n2)cc2cn(C)nc12. The summed E-state index contributed by atoms with van der Waals surface area (Å²) >= 11 is 0. The molecule has 0 amide bonds. The van der Waals surface area contributed by atoms with E-state index in [0.717, 1.165) is 37.1 Å². The molecule has 1 fully saturated rings. The summed E-state index contributed by atoms with van der Waals surface area (Å²) < 4.78 is 3.34. The smallest absolute Gasteiger partial charge is 0.280 e. The Bertz CT molecular complexity index is 1300. The van der Waals surface area contributed by atoms with Crippen molar-refractivity contribution in [2.45, 2.75) is 6.92 Å². The van der Waals surface area contributed by atoms with Gasteiger partial charge in [0.1, 0.15) is 5.75 Å². The molecule has 1 saturated heterocycles. The van der Waals surface area contributed by atoms with Crippen LogP contribution in [0.15, 0.2) is 35.5 Å². The number of aryl methyl sites for hydroxylation is 2. The van der Waals surface area contributed by atoms with Gasteiger partial charge >= 0.3 is 0 Å². The van der Waals surface area contributed by atoms with Crippen LogP contribution in [-0.2, 0) is 7.05 Å². The molecule has 1 aliphatic heterocycles. The third-order valence-electron chi connectivity index (χ3n) is 5.39. The molecular weight excluding hydrogens is 370 g/mol. The summed E-state index contributed by atoms with van der Waals surface area (Å²) in [4.78, 5) is 21.9. The van der Waals surface area contributed by atoms with E-state index < -0.39 is 0 Å². The monoisotopic (exact) mass is 391 g/mol. The summed E-state index contributed by atoms with van der Waals surface area (Å²) in [7, 11) is 1.84. The number of nitrogens with one attached hydrogen (secondary N) is 1. The first-order chi connectivity index (χ1) is 14.0. The maximum absolute atomic E-state index is 12.9. The highest BCUT2D eigenvalue weighted by Gasteiger charge is 2.18. The third kappa shape index (κ3) is 2.82. The number of piperazine rings is 1. The van der Waals surface area contributed by atoms with E-state index in [1.54, 1.807) is 21.8 Å². The molecule has 4 aromatic rings. The lowest BCUT2D eigenvalue weighted by Crippen LogP contribution is -2.52. The number of aromatic hydroxyl groups is 1. The van der Waals surface area contributed by atoms with Gasteiger partial charge in [0.2, 0.25) is 0 Å². The molecule has 0 unspecified atom stereocenters. The van der Waals surface area contributed by atoms with Gasteiger partial charge in [-0.3, -0.25) is 9.48 Å². The molecule has 9 nitrogen and oxygen atoms in total. The number of benzene rings is 1. The fourth-order valence-electron chi connectivity index (χ4n) is 3.85. The van der Waals surface area contributed by atoms with Crippen LogP contribution in [0.1, 0.15) is 5.56 Å². The number of phenols is 1. The highest BCUT2D eigenvalue weighted by Crippen LogP contribution is 2.35. The van der Waals surface area contributed by atoms with Gasteiger partial charge in [0, 0.05) is 62.8 Å². The average Bonchev–Trinajstić information content (AvgIpc) is 3.12. The van der Waals surface area contributed by atoms with E-state index in [-0.39, 0.29) is 11.3 Å². The summed E-state index contributed by atoms with van der Waals surface area (Å²) in [5, 5.41) is 21.7. The van der Waals surface area contributed by atoms with Gasteiger partial charge in [-0.1, -0.05) is 0 Å². The number of pyridine rings is 1. The molecule has 0 spiro atoms. The fourth-order valence-corrected chi connectivity index (χ4v) is 3.85. The van der Waals surface area contributed by atoms with Gasteiger partial charge in [-0.2, -0.15) is 5.10 Å². The molecule has 2 N–H and O–H groups in total. The number of hydrogen-bond acceptors (Lipinski definition) is 7. The van der Waals surface area contributed by atoms with Crippen LogP contribution in [0.5, 0.6) is 5.75 Å². The first-order valence-corrected chi connectivity index (χ1v) is 9.53. The number of rotatable bonds is 2. The minimum absolute atomic E-state index is 0.102. The summed E-state index contributed by atoms with van der Waals surface area (Å²) in [5.41, 5.74) is 2.36. The lowest BCUT2D eigenvalue weighted by Gasteiger charge is -2.30. The number of nitrogens with zero attached hydrogens (tertiary/aromatic N) is 6. The molecule has 5 rings (SSSR count). The largest absolute Gasteiger partial charge is 0.507 e. The predicted octanol–water partition coefficient (Wildman–Crippen LogP) is 0.900. The van der Waals surface area contributed by atoms with Gasteiger partial charge in [0.25, 0.3) is 5.56 Å². The third-order valence-corrected chi connectivity index (χ3v) is 5.39. The molecule has 148 valence electrons. The highest BCUT2D eigenvalue weighted by molar-refractivity contribution is 5.90. The van der Waals surface area contributed by atoms with Gasteiger partial charge < -0.3 is 15.4 Å². The van der Waals surface area contributed by atoms with Crippen LogP contribution in [0, 0.1) is 6.92 Å². The van der Waals surface area contributed by atoms with Crippen molar-refractivity contribution in [2.75, 3.05) is 31.2 Å². The second-order valence-electron chi connectivity index (χ2n) is 7.30. The molecule has 1 aromatic carbocycles. The standard InChI is InChI=1S/C20H21N7O2/c1-12-17-13(11-25(2)24-17)9-14(18(12)28)19-22-10-15-16(23-19)3-6-27(20(15)29)26-7-4-21-5-8-26/h3,6,9-11,21,28H,4-5,7-8H2,1-2H3. The Kier molecular flexibility index (Phi) is 3.99. The van der Waals surface area contributed by atoms with Gasteiger partial charge in [-0.25, -0.2) is 14.6 Å². The number of fused-ring (bicyclic) bond motifs is 2. The topological polar surface area (TPSA) is 101 Å². The van der Waals surface area contributed by atoms with Crippen LogP contribution in [0.2, 0.25) is 0 Å². The van der Waals surface area contributed by atoms with Crippen molar-refractivity contribution in [1.29, 1.82) is 0 Å². The number of hydrogen-bond donors (Lipinski definition) is 2. The van der Waals surface area contributed by atoms with Crippen LogP contribution in [0.25, 0.3) is 33.2 Å². The Morgan fingerprint density at radius 2 is 2.03 bits per heavy atom. The second-order valence-corrected chi connectivity index (χ2v) is 7.30. The molecule has 0 atom stereocenters. The van der Waals surface area contributed by atoms with Gasteiger partial charge in [0.15, 0.2) is 5.82 Å². The number of aromatic nitrogens is 5. The predicted molar refractivity (Wildman–Crippen MR) is 111 cm³/mol. The van der Waals surface area contributed by atoms with E-state index in [1.165, 1.54) is 0 Å². The minimum Gasteiger partial charge on any atom is -0.507 e. The summed E-state index contributed by atoms with van der Waals surface area (Å²) in [6.07, 6.45) is 5.18. The van der Waals surface area contributed by atoms with Crippen molar-refractivity contribution >= 4 is 21.8 Å². The van der Waals surface area contributed by atoms with E-state index in [4.69, 9.17) is 0 Å². The molecule has 9 heteroatoms. The average molecular weight is 391 g/mol. The van der Waals surface area contributed by atoms with Gasteiger partial charge in [-0.05, 0) is 19.1 Å². The summed E-state index contributed by atoms with van der Waals surface area (Å²) in [6, 6.07) is 3.64. The molecule has 0 saturated carbocycles. The Balaban J connectivity index is 1.63. The molecule has 0 aliphatic carbocycles. The van der Waals surface area contributed by atoms with Gasteiger partial charge in [0.05, 0.1) is 22.0 Å². The zero-order chi connectivity index (χ0) is 20.1. The second kappa shape index (κ2) is 6.56. The van der Waals surface area contributed by atoms with Crippen molar-refractivity contribution < 1.29 is 5.11 Å². The Morgan fingerprint density at radius 1 is 1.24 bits per heavy atom. The van der Waals surface area contributed by atoms with Crippen LogP contribution >= 0.6 is 0 Å². The molecule has 1 aliphatic rings. The zero-order valence-electron chi connectivity index (χ0n) is 16.3. The Labute approximate surface area is 166 Å². The van der Waals surface area contributed by atoms with Crippen molar-refractivity contribution in [3.63, 3.8) is 0 Å². The van der Waals surface area contributed by atoms with Crippen molar-refractivity contribution in [2.24, 2.45) is 7.05 Å². The van der Waals surface area contributed by atoms with Crippen LogP contribution in [0.3, 0.4) is 0 Å². The van der Waals surface area contributed by atoms with Crippen LogP contribution in [0.4, 0.5) is 0 Å². The fraction of sp³-hybridized carbons (Fsp3) is 0.300.